The van der Waals surface area contributed by atoms with E-state index >= 15 is 0 Å². The minimum absolute atomic E-state index is 0.0108. The van der Waals surface area contributed by atoms with E-state index in [0.29, 0.717) is 28.8 Å². The van der Waals surface area contributed by atoms with Crippen molar-refractivity contribution in [3.63, 3.8) is 0 Å². The first kappa shape index (κ1) is 20.1. The summed E-state index contributed by atoms with van der Waals surface area (Å²) < 4.78 is 6.29. The number of hydrogen-bond acceptors (Lipinski definition) is 5. The van der Waals surface area contributed by atoms with Crippen molar-refractivity contribution in [3.05, 3.63) is 70.6 Å². The zero-order valence-corrected chi connectivity index (χ0v) is 16.7. The number of carboxylic acids is 1. The van der Waals surface area contributed by atoms with E-state index in [1.54, 1.807) is 6.08 Å². The maximum absolute atomic E-state index is 12.6. The first-order valence-electron chi connectivity index (χ1n) is 8.77. The van der Waals surface area contributed by atoms with Gasteiger partial charge >= 0.3 is 5.97 Å². The minimum atomic E-state index is -0.881. The summed E-state index contributed by atoms with van der Waals surface area (Å²) in [5, 5.41) is 8.74. The second kappa shape index (κ2) is 9.52. The standard InChI is InChI=1S/C21H19NO4S2/c23-19(24)10-5-11-22-20(25)18(28-21(22)27)13-16-8-4-9-17(12-16)26-14-15-6-2-1-3-7-15/h1-4,6-9,12-13H,5,10-11,14H2,(H,23,24)/b18-13+. The molecular weight excluding hydrogens is 394 g/mol. The van der Waals surface area contributed by atoms with E-state index in [1.807, 2.05) is 54.6 Å². The molecule has 2 aromatic carbocycles. The number of aliphatic carboxylic acids is 1. The van der Waals surface area contributed by atoms with Crippen LogP contribution in [0.25, 0.3) is 6.08 Å². The molecule has 1 saturated heterocycles. The maximum atomic E-state index is 12.6. The minimum Gasteiger partial charge on any atom is -0.489 e. The maximum Gasteiger partial charge on any atom is 0.303 e. The molecule has 0 bridgehead atoms. The molecule has 0 unspecified atom stereocenters. The first-order chi connectivity index (χ1) is 13.5. The predicted molar refractivity (Wildman–Crippen MR) is 114 cm³/mol. The van der Waals surface area contributed by atoms with E-state index in [1.165, 1.54) is 16.7 Å². The Hall–Kier alpha value is -2.64. The summed E-state index contributed by atoms with van der Waals surface area (Å²) in [4.78, 5) is 25.2. The number of amides is 1. The van der Waals surface area contributed by atoms with Crippen LogP contribution in [-0.4, -0.2) is 32.7 Å². The zero-order valence-electron chi connectivity index (χ0n) is 15.0. The van der Waals surface area contributed by atoms with Gasteiger partial charge in [-0.3, -0.25) is 14.5 Å². The summed E-state index contributed by atoms with van der Waals surface area (Å²) in [5.41, 5.74) is 1.92. The van der Waals surface area contributed by atoms with Crippen molar-refractivity contribution in [1.82, 2.24) is 4.90 Å². The number of hydrogen-bond donors (Lipinski definition) is 1. The molecule has 3 rings (SSSR count). The van der Waals surface area contributed by atoms with E-state index in [4.69, 9.17) is 22.1 Å². The Morgan fingerprint density at radius 2 is 1.96 bits per heavy atom. The summed E-state index contributed by atoms with van der Waals surface area (Å²) in [6, 6.07) is 17.4. The van der Waals surface area contributed by atoms with E-state index in [2.05, 4.69) is 0 Å². The Morgan fingerprint density at radius 1 is 1.18 bits per heavy atom. The SMILES string of the molecule is O=C(O)CCCN1C(=O)/C(=C\c2cccc(OCc3ccccc3)c2)SC1=S. The highest BCUT2D eigenvalue weighted by molar-refractivity contribution is 8.26. The lowest BCUT2D eigenvalue weighted by atomic mass is 10.2. The van der Waals surface area contributed by atoms with Crippen LogP contribution in [0.5, 0.6) is 5.75 Å². The summed E-state index contributed by atoms with van der Waals surface area (Å²) in [6.07, 6.45) is 2.17. The Kier molecular flexibility index (Phi) is 6.84. The van der Waals surface area contributed by atoms with Crippen LogP contribution in [0, 0.1) is 0 Å². The van der Waals surface area contributed by atoms with E-state index in [9.17, 15) is 9.59 Å². The Bertz CT molecular complexity index is 912. The van der Waals surface area contributed by atoms with Gasteiger partial charge in [0.05, 0.1) is 4.91 Å². The van der Waals surface area contributed by atoms with Gasteiger partial charge in [0, 0.05) is 13.0 Å². The van der Waals surface area contributed by atoms with Crippen LogP contribution in [-0.2, 0) is 16.2 Å². The fraction of sp³-hybridized carbons (Fsp3) is 0.190. The number of nitrogens with zero attached hydrogens (tertiary/aromatic N) is 1. The lowest BCUT2D eigenvalue weighted by Gasteiger charge is -2.13. The first-order valence-corrected chi connectivity index (χ1v) is 9.99. The molecule has 1 fully saturated rings. The molecule has 2 aromatic rings. The normalized spacial score (nSPS) is 15.3. The smallest absolute Gasteiger partial charge is 0.303 e. The average molecular weight is 414 g/mol. The molecule has 1 aliphatic rings. The van der Waals surface area contributed by atoms with Gasteiger partial charge < -0.3 is 9.84 Å². The molecule has 1 aliphatic heterocycles. The van der Waals surface area contributed by atoms with Gasteiger partial charge in [-0.1, -0.05) is 66.4 Å². The second-order valence-corrected chi connectivity index (χ2v) is 7.85. The van der Waals surface area contributed by atoms with Crippen LogP contribution >= 0.6 is 24.0 Å². The molecule has 0 atom stereocenters. The number of ether oxygens (including phenoxy) is 1. The predicted octanol–water partition coefficient (Wildman–Crippen LogP) is 4.33. The summed E-state index contributed by atoms with van der Waals surface area (Å²) in [7, 11) is 0. The molecule has 0 radical (unpaired) electrons. The highest BCUT2D eigenvalue weighted by atomic mass is 32.2. The van der Waals surface area contributed by atoms with E-state index in [-0.39, 0.29) is 12.3 Å². The van der Waals surface area contributed by atoms with Crippen molar-refractivity contribution in [2.24, 2.45) is 0 Å². The molecule has 5 nitrogen and oxygen atoms in total. The molecule has 1 N–H and O–H groups in total. The second-order valence-electron chi connectivity index (χ2n) is 6.18. The molecule has 1 heterocycles. The van der Waals surface area contributed by atoms with Crippen molar-refractivity contribution < 1.29 is 19.4 Å². The molecule has 0 aromatic heterocycles. The number of thioether (sulfide) groups is 1. The third-order valence-corrected chi connectivity index (χ3v) is 5.43. The lowest BCUT2D eigenvalue weighted by Crippen LogP contribution is -2.29. The quantitative estimate of drug-likeness (QED) is 0.513. The highest BCUT2D eigenvalue weighted by Gasteiger charge is 2.31. The molecule has 28 heavy (non-hydrogen) atoms. The summed E-state index contributed by atoms with van der Waals surface area (Å²) in [6.45, 7) is 0.782. The van der Waals surface area contributed by atoms with Crippen molar-refractivity contribution in [3.8, 4) is 5.75 Å². The van der Waals surface area contributed by atoms with Crippen molar-refractivity contribution in [2.45, 2.75) is 19.4 Å². The third kappa shape index (κ3) is 5.43. The number of carboxylic acid groups (broad SMARTS) is 1. The largest absolute Gasteiger partial charge is 0.489 e. The van der Waals surface area contributed by atoms with Gasteiger partial charge in [0.2, 0.25) is 0 Å². The number of benzene rings is 2. The monoisotopic (exact) mass is 413 g/mol. The van der Waals surface area contributed by atoms with Gasteiger partial charge in [0.15, 0.2) is 0 Å². The van der Waals surface area contributed by atoms with Gasteiger partial charge in [-0.25, -0.2) is 0 Å². The van der Waals surface area contributed by atoms with Crippen LogP contribution in [0.15, 0.2) is 59.5 Å². The van der Waals surface area contributed by atoms with Crippen LogP contribution in [0.4, 0.5) is 0 Å². The van der Waals surface area contributed by atoms with Gasteiger partial charge in [-0.05, 0) is 35.8 Å². The van der Waals surface area contributed by atoms with E-state index < -0.39 is 5.97 Å². The molecule has 7 heteroatoms. The highest BCUT2D eigenvalue weighted by Crippen LogP contribution is 2.33. The van der Waals surface area contributed by atoms with Gasteiger partial charge in [-0.15, -0.1) is 0 Å². The molecule has 0 aliphatic carbocycles. The van der Waals surface area contributed by atoms with Gasteiger partial charge in [0.25, 0.3) is 5.91 Å². The zero-order chi connectivity index (χ0) is 19.9. The molecule has 144 valence electrons. The van der Waals surface area contributed by atoms with Crippen molar-refractivity contribution >= 4 is 46.3 Å². The number of carbonyl (C=O) groups excluding carboxylic acids is 1. The van der Waals surface area contributed by atoms with Crippen LogP contribution < -0.4 is 4.74 Å². The number of carbonyl (C=O) groups is 2. The fourth-order valence-electron chi connectivity index (χ4n) is 2.67. The van der Waals surface area contributed by atoms with Crippen molar-refractivity contribution in [1.29, 1.82) is 0 Å². The van der Waals surface area contributed by atoms with Crippen LogP contribution in [0.3, 0.4) is 0 Å². The Balaban J connectivity index is 1.65. The average Bonchev–Trinajstić information content (AvgIpc) is 2.94. The number of rotatable bonds is 8. The lowest BCUT2D eigenvalue weighted by molar-refractivity contribution is -0.137. The van der Waals surface area contributed by atoms with Crippen LogP contribution in [0.1, 0.15) is 24.0 Å². The van der Waals surface area contributed by atoms with Gasteiger partial charge in [0.1, 0.15) is 16.7 Å². The molecule has 0 saturated carbocycles. The van der Waals surface area contributed by atoms with E-state index in [0.717, 1.165) is 16.9 Å². The third-order valence-electron chi connectivity index (χ3n) is 4.05. The molecular formula is C21H19NO4S2. The number of thiocarbonyl (C=S) groups is 1. The Labute approximate surface area is 173 Å². The molecule has 1 amide bonds. The Morgan fingerprint density at radius 3 is 2.71 bits per heavy atom. The topological polar surface area (TPSA) is 66.8 Å². The van der Waals surface area contributed by atoms with Gasteiger partial charge in [-0.2, -0.15) is 0 Å². The summed E-state index contributed by atoms with van der Waals surface area (Å²) >= 11 is 6.50. The summed E-state index contributed by atoms with van der Waals surface area (Å²) in [5.74, 6) is -0.348. The fourth-order valence-corrected chi connectivity index (χ4v) is 3.98. The van der Waals surface area contributed by atoms with Crippen molar-refractivity contribution in [2.75, 3.05) is 6.54 Å². The van der Waals surface area contributed by atoms with Crippen LogP contribution in [0.2, 0.25) is 0 Å². The molecule has 0 spiro atoms.